The van der Waals surface area contributed by atoms with Gasteiger partial charge >= 0.3 is 0 Å². The number of benzene rings is 1. The smallest absolute Gasteiger partial charge is 0.184 e. The summed E-state index contributed by atoms with van der Waals surface area (Å²) in [7, 11) is 0. The Labute approximate surface area is 76.5 Å². The van der Waals surface area contributed by atoms with Crippen molar-refractivity contribution in [3.8, 4) is 6.19 Å². The highest BCUT2D eigenvalue weighted by Crippen LogP contribution is 2.14. The van der Waals surface area contributed by atoms with Crippen LogP contribution in [0.15, 0.2) is 36.9 Å². The van der Waals surface area contributed by atoms with Crippen molar-refractivity contribution in [2.45, 2.75) is 0 Å². The van der Waals surface area contributed by atoms with Crippen molar-refractivity contribution in [3.05, 3.63) is 42.7 Å². The maximum absolute atomic E-state index is 12.7. The molecule has 13 heavy (non-hydrogen) atoms. The molecule has 66 valence electrons. The zero-order valence-corrected chi connectivity index (χ0v) is 7.07. The van der Waals surface area contributed by atoms with Crippen molar-refractivity contribution >= 4 is 5.69 Å². The van der Waals surface area contributed by atoms with Crippen molar-refractivity contribution in [3.63, 3.8) is 0 Å². The highest BCUT2D eigenvalue weighted by molar-refractivity contribution is 5.50. The second-order valence-electron chi connectivity index (χ2n) is 2.48. The fraction of sp³-hybridized carbons (Fsp3) is 0.100. The van der Waals surface area contributed by atoms with Crippen LogP contribution < -0.4 is 4.90 Å². The van der Waals surface area contributed by atoms with Crippen LogP contribution in [0.5, 0.6) is 0 Å². The first-order chi connectivity index (χ1) is 6.27. The molecule has 0 fully saturated rings. The lowest BCUT2D eigenvalue weighted by Gasteiger charge is -2.12. The molecule has 1 rings (SSSR count). The van der Waals surface area contributed by atoms with Gasteiger partial charge in [0.15, 0.2) is 6.19 Å². The van der Waals surface area contributed by atoms with Crippen molar-refractivity contribution in [2.24, 2.45) is 0 Å². The van der Waals surface area contributed by atoms with E-state index in [4.69, 9.17) is 5.26 Å². The van der Waals surface area contributed by atoms with Crippen LogP contribution in [0.25, 0.3) is 0 Å². The van der Waals surface area contributed by atoms with E-state index in [-0.39, 0.29) is 5.82 Å². The van der Waals surface area contributed by atoms with E-state index >= 15 is 0 Å². The molecule has 1 aromatic carbocycles. The second-order valence-corrected chi connectivity index (χ2v) is 2.48. The molecule has 0 amide bonds. The summed E-state index contributed by atoms with van der Waals surface area (Å²) in [6.45, 7) is 3.90. The Morgan fingerprint density at radius 3 is 2.92 bits per heavy atom. The highest BCUT2D eigenvalue weighted by Gasteiger charge is 2.02. The molecule has 0 radical (unpaired) electrons. The van der Waals surface area contributed by atoms with E-state index < -0.39 is 0 Å². The van der Waals surface area contributed by atoms with Gasteiger partial charge in [0.25, 0.3) is 0 Å². The molecule has 3 heteroatoms. The lowest BCUT2D eigenvalue weighted by Crippen LogP contribution is -2.15. The zero-order valence-electron chi connectivity index (χ0n) is 7.07. The highest BCUT2D eigenvalue weighted by atomic mass is 19.1. The third-order valence-corrected chi connectivity index (χ3v) is 1.55. The fourth-order valence-electron chi connectivity index (χ4n) is 0.977. The Bertz CT molecular complexity index is 341. The van der Waals surface area contributed by atoms with Crippen LogP contribution in [0.4, 0.5) is 10.1 Å². The standard InChI is InChI=1S/C10H9FN2/c1-2-6-13(8-12)10-5-3-4-9(11)7-10/h2-5,7H,1,6H2. The molecule has 1 aromatic rings. The molecule has 0 bridgehead atoms. The Morgan fingerprint density at radius 1 is 1.62 bits per heavy atom. The molecule has 0 atom stereocenters. The lowest BCUT2D eigenvalue weighted by atomic mass is 10.3. The molecule has 0 unspecified atom stereocenters. The van der Waals surface area contributed by atoms with E-state index in [9.17, 15) is 4.39 Å². The van der Waals surface area contributed by atoms with Crippen LogP contribution in [0.1, 0.15) is 0 Å². The maximum atomic E-state index is 12.7. The number of hydrogen-bond donors (Lipinski definition) is 0. The van der Waals surface area contributed by atoms with E-state index in [2.05, 4.69) is 6.58 Å². The van der Waals surface area contributed by atoms with Crippen LogP contribution in [-0.2, 0) is 0 Å². The number of nitriles is 1. The summed E-state index contributed by atoms with van der Waals surface area (Å²) in [4.78, 5) is 1.36. The van der Waals surface area contributed by atoms with Gasteiger partial charge in [-0.15, -0.1) is 6.58 Å². The minimum Gasteiger partial charge on any atom is -0.276 e. The SMILES string of the molecule is C=CCN(C#N)c1cccc(F)c1. The van der Waals surface area contributed by atoms with E-state index in [1.807, 2.05) is 6.19 Å². The van der Waals surface area contributed by atoms with Crippen molar-refractivity contribution in [2.75, 3.05) is 11.4 Å². The van der Waals surface area contributed by atoms with E-state index in [1.54, 1.807) is 18.2 Å². The molecule has 0 N–H and O–H groups in total. The number of halogens is 1. The summed E-state index contributed by atoms with van der Waals surface area (Å²) in [5.41, 5.74) is 0.544. The van der Waals surface area contributed by atoms with Gasteiger partial charge in [-0.05, 0) is 18.2 Å². The largest absolute Gasteiger partial charge is 0.276 e. The third kappa shape index (κ3) is 2.31. The van der Waals surface area contributed by atoms with Gasteiger partial charge in [-0.3, -0.25) is 4.90 Å². The lowest BCUT2D eigenvalue weighted by molar-refractivity contribution is 0.628. The Morgan fingerprint density at radius 2 is 2.38 bits per heavy atom. The quantitative estimate of drug-likeness (QED) is 0.401. The molecule has 2 nitrogen and oxygen atoms in total. The molecule has 0 aliphatic heterocycles. The van der Waals surface area contributed by atoms with Crippen LogP contribution in [0, 0.1) is 17.3 Å². The Balaban J connectivity index is 2.92. The monoisotopic (exact) mass is 176 g/mol. The fourth-order valence-corrected chi connectivity index (χ4v) is 0.977. The van der Waals surface area contributed by atoms with Gasteiger partial charge in [-0.2, -0.15) is 5.26 Å². The average Bonchev–Trinajstić information content (AvgIpc) is 2.14. The van der Waals surface area contributed by atoms with Crippen molar-refractivity contribution in [1.82, 2.24) is 0 Å². The minimum absolute atomic E-state index is 0.346. The normalized spacial score (nSPS) is 8.92. The summed E-state index contributed by atoms with van der Waals surface area (Å²) in [5.74, 6) is -0.346. The second kappa shape index (κ2) is 4.27. The van der Waals surface area contributed by atoms with Gasteiger partial charge in [0, 0.05) is 0 Å². The molecule has 0 aliphatic carbocycles. The van der Waals surface area contributed by atoms with Gasteiger partial charge in [0.2, 0.25) is 0 Å². The van der Waals surface area contributed by atoms with Gasteiger partial charge < -0.3 is 0 Å². The van der Waals surface area contributed by atoms with E-state index in [0.29, 0.717) is 12.2 Å². The van der Waals surface area contributed by atoms with Gasteiger partial charge in [0.05, 0.1) is 12.2 Å². The predicted octanol–water partition coefficient (Wildman–Crippen LogP) is 2.30. The summed E-state index contributed by atoms with van der Waals surface area (Å²) in [5, 5.41) is 8.71. The number of nitrogens with zero attached hydrogens (tertiary/aromatic N) is 2. The molecule has 0 saturated heterocycles. The minimum atomic E-state index is -0.346. The van der Waals surface area contributed by atoms with Gasteiger partial charge in [-0.1, -0.05) is 12.1 Å². The molecule has 0 aliphatic rings. The number of hydrogen-bond acceptors (Lipinski definition) is 2. The van der Waals surface area contributed by atoms with Gasteiger partial charge in [0.1, 0.15) is 5.82 Å². The summed E-state index contributed by atoms with van der Waals surface area (Å²) < 4.78 is 12.7. The zero-order chi connectivity index (χ0) is 9.68. The van der Waals surface area contributed by atoms with E-state index in [0.717, 1.165) is 0 Å². The Hall–Kier alpha value is -1.82. The Kier molecular flexibility index (Phi) is 3.04. The maximum Gasteiger partial charge on any atom is 0.184 e. The van der Waals surface area contributed by atoms with Crippen LogP contribution >= 0.6 is 0 Å². The molecule has 0 saturated carbocycles. The molecule has 0 heterocycles. The first-order valence-corrected chi connectivity index (χ1v) is 3.81. The average molecular weight is 176 g/mol. The summed E-state index contributed by atoms with van der Waals surface area (Å²) >= 11 is 0. The molecule has 0 aromatic heterocycles. The van der Waals surface area contributed by atoms with Crippen molar-refractivity contribution in [1.29, 1.82) is 5.26 Å². The molecular formula is C10H9FN2. The van der Waals surface area contributed by atoms with Crippen LogP contribution in [0.2, 0.25) is 0 Å². The van der Waals surface area contributed by atoms with Crippen LogP contribution in [-0.4, -0.2) is 6.54 Å². The predicted molar refractivity (Wildman–Crippen MR) is 49.6 cm³/mol. The first kappa shape index (κ1) is 9.27. The number of rotatable bonds is 3. The number of anilines is 1. The van der Waals surface area contributed by atoms with Crippen molar-refractivity contribution < 1.29 is 4.39 Å². The molecule has 0 spiro atoms. The summed E-state index contributed by atoms with van der Waals surface area (Å²) in [6, 6.07) is 5.90. The van der Waals surface area contributed by atoms with Crippen LogP contribution in [0.3, 0.4) is 0 Å². The van der Waals surface area contributed by atoms with Gasteiger partial charge in [-0.25, -0.2) is 4.39 Å². The first-order valence-electron chi connectivity index (χ1n) is 3.81. The topological polar surface area (TPSA) is 27.0 Å². The molecular weight excluding hydrogens is 167 g/mol. The van der Waals surface area contributed by atoms with E-state index in [1.165, 1.54) is 17.0 Å². The third-order valence-electron chi connectivity index (χ3n) is 1.55. The summed E-state index contributed by atoms with van der Waals surface area (Å²) in [6.07, 6.45) is 3.53.